The van der Waals surface area contributed by atoms with E-state index in [2.05, 4.69) is 20.6 Å². The molecule has 0 spiro atoms. The van der Waals surface area contributed by atoms with E-state index in [1.54, 1.807) is 12.1 Å². The Hall–Kier alpha value is -4.13. The van der Waals surface area contributed by atoms with Gasteiger partial charge in [0.25, 0.3) is 5.91 Å². The number of nitrogens with one attached hydrogen (secondary N) is 3. The smallest absolute Gasteiger partial charge is 0.303 e. The number of fused-ring (bicyclic) bond motifs is 1. The minimum absolute atomic E-state index is 0.0647. The first-order valence-corrected chi connectivity index (χ1v) is 10.8. The van der Waals surface area contributed by atoms with E-state index >= 15 is 0 Å². The van der Waals surface area contributed by atoms with Crippen molar-refractivity contribution in [1.82, 2.24) is 15.3 Å². The van der Waals surface area contributed by atoms with Gasteiger partial charge in [-0.3, -0.25) is 9.59 Å². The Morgan fingerprint density at radius 1 is 0.970 bits per heavy atom. The van der Waals surface area contributed by atoms with Crippen LogP contribution in [0.1, 0.15) is 53.7 Å². The van der Waals surface area contributed by atoms with Gasteiger partial charge in [-0.1, -0.05) is 49.4 Å². The Labute approximate surface area is 191 Å². The fourth-order valence-electron chi connectivity index (χ4n) is 3.76. The summed E-state index contributed by atoms with van der Waals surface area (Å²) in [5, 5.41) is 15.3. The van der Waals surface area contributed by atoms with Crippen LogP contribution in [0.4, 0.5) is 11.6 Å². The van der Waals surface area contributed by atoms with Gasteiger partial charge in [0.05, 0.1) is 23.5 Å². The molecular weight excluding hydrogens is 416 g/mol. The van der Waals surface area contributed by atoms with E-state index in [-0.39, 0.29) is 24.3 Å². The topological polar surface area (TPSA) is 107 Å². The lowest BCUT2D eigenvalue weighted by atomic mass is 9.94. The summed E-state index contributed by atoms with van der Waals surface area (Å²) in [4.78, 5) is 31.6. The molecule has 4 rings (SSSR count). The number of carbonyl (C=O) groups is 2. The van der Waals surface area contributed by atoms with Crippen LogP contribution in [0.5, 0.6) is 0 Å². The van der Waals surface area contributed by atoms with Gasteiger partial charge < -0.3 is 20.7 Å². The van der Waals surface area contributed by atoms with E-state index in [9.17, 15) is 9.59 Å². The zero-order chi connectivity index (χ0) is 23.4. The molecule has 0 fully saturated rings. The highest BCUT2D eigenvalue weighted by Gasteiger charge is 2.15. The molecule has 3 aromatic carbocycles. The van der Waals surface area contributed by atoms with Crippen molar-refractivity contribution in [2.75, 3.05) is 5.32 Å². The lowest BCUT2D eigenvalue weighted by Gasteiger charge is -2.17. The molecule has 2 atom stereocenters. The average Bonchev–Trinajstić information content (AvgIpc) is 3.21. The van der Waals surface area contributed by atoms with Gasteiger partial charge in [0.15, 0.2) is 0 Å². The summed E-state index contributed by atoms with van der Waals surface area (Å²) in [6.45, 7) is 3.80. The molecule has 33 heavy (non-hydrogen) atoms. The third-order valence-corrected chi connectivity index (χ3v) is 5.59. The van der Waals surface area contributed by atoms with Crippen LogP contribution in [0.2, 0.25) is 0 Å². The van der Waals surface area contributed by atoms with E-state index in [4.69, 9.17) is 5.11 Å². The summed E-state index contributed by atoms with van der Waals surface area (Å²) >= 11 is 0. The van der Waals surface area contributed by atoms with Crippen molar-refractivity contribution in [2.45, 2.75) is 32.2 Å². The standard InChI is InChI=1S/C26H26N4O3/c1-16(13-24(31)32)18-7-5-8-19(14-18)17(2)27-25(33)20-9-6-10-21(15-20)28-26-29-22-11-3-4-12-23(22)30-26/h3-12,14-17H,13H2,1-2H3,(H,27,33)(H,31,32)(H2,28,29,30). The number of para-hydroxylation sites is 2. The number of rotatable bonds is 8. The van der Waals surface area contributed by atoms with Crippen LogP contribution in [0, 0.1) is 0 Å². The number of amides is 1. The second-order valence-electron chi connectivity index (χ2n) is 8.17. The summed E-state index contributed by atoms with van der Waals surface area (Å²) in [6.07, 6.45) is 0.0647. The maximum Gasteiger partial charge on any atom is 0.303 e. The first-order valence-electron chi connectivity index (χ1n) is 10.8. The fourth-order valence-corrected chi connectivity index (χ4v) is 3.76. The Balaban J connectivity index is 1.44. The molecule has 0 radical (unpaired) electrons. The highest BCUT2D eigenvalue weighted by atomic mass is 16.4. The van der Waals surface area contributed by atoms with Crippen molar-refractivity contribution in [3.63, 3.8) is 0 Å². The number of aromatic amines is 1. The lowest BCUT2D eigenvalue weighted by Crippen LogP contribution is -2.26. The monoisotopic (exact) mass is 442 g/mol. The van der Waals surface area contributed by atoms with E-state index in [0.717, 1.165) is 27.8 Å². The van der Waals surface area contributed by atoms with Crippen LogP contribution in [0.25, 0.3) is 11.0 Å². The molecule has 0 aliphatic carbocycles. The van der Waals surface area contributed by atoms with Gasteiger partial charge in [-0.05, 0) is 54.3 Å². The molecule has 1 aromatic heterocycles. The van der Waals surface area contributed by atoms with Crippen LogP contribution in [0.3, 0.4) is 0 Å². The molecule has 1 heterocycles. The quantitative estimate of drug-likeness (QED) is 0.293. The molecule has 0 aliphatic rings. The number of carboxylic acids is 1. The van der Waals surface area contributed by atoms with Gasteiger partial charge in [-0.25, -0.2) is 4.98 Å². The summed E-state index contributed by atoms with van der Waals surface area (Å²) in [6, 6.07) is 22.5. The second-order valence-corrected chi connectivity index (χ2v) is 8.17. The predicted molar refractivity (Wildman–Crippen MR) is 129 cm³/mol. The van der Waals surface area contributed by atoms with Crippen LogP contribution < -0.4 is 10.6 Å². The highest BCUT2D eigenvalue weighted by molar-refractivity contribution is 5.95. The molecule has 7 heteroatoms. The minimum atomic E-state index is -0.828. The molecule has 0 saturated heterocycles. The van der Waals surface area contributed by atoms with Crippen molar-refractivity contribution < 1.29 is 14.7 Å². The summed E-state index contributed by atoms with van der Waals surface area (Å²) < 4.78 is 0. The van der Waals surface area contributed by atoms with E-state index < -0.39 is 5.97 Å². The Bertz CT molecular complexity index is 1260. The van der Waals surface area contributed by atoms with Gasteiger partial charge in [-0.15, -0.1) is 0 Å². The number of anilines is 2. The molecule has 0 saturated carbocycles. The van der Waals surface area contributed by atoms with Crippen molar-refractivity contribution >= 4 is 34.5 Å². The van der Waals surface area contributed by atoms with E-state index in [1.807, 2.05) is 74.5 Å². The molecule has 4 aromatic rings. The molecule has 168 valence electrons. The van der Waals surface area contributed by atoms with Crippen molar-refractivity contribution in [2.24, 2.45) is 0 Å². The zero-order valence-electron chi connectivity index (χ0n) is 18.5. The molecule has 1 amide bonds. The first kappa shape index (κ1) is 22.1. The zero-order valence-corrected chi connectivity index (χ0v) is 18.5. The Kier molecular flexibility index (Phi) is 6.40. The predicted octanol–water partition coefficient (Wildman–Crippen LogP) is 5.38. The molecule has 0 aliphatic heterocycles. The highest BCUT2D eigenvalue weighted by Crippen LogP contribution is 2.24. The number of imidazole rings is 1. The van der Waals surface area contributed by atoms with Gasteiger partial charge in [0.1, 0.15) is 0 Å². The largest absolute Gasteiger partial charge is 0.481 e. The summed E-state index contributed by atoms with van der Waals surface area (Å²) in [5.41, 5.74) is 4.94. The summed E-state index contributed by atoms with van der Waals surface area (Å²) in [7, 11) is 0. The number of carboxylic acid groups (broad SMARTS) is 1. The van der Waals surface area contributed by atoms with E-state index in [1.165, 1.54) is 0 Å². The van der Waals surface area contributed by atoms with Crippen LogP contribution in [-0.4, -0.2) is 27.0 Å². The molecule has 2 unspecified atom stereocenters. The molecular formula is C26H26N4O3. The third-order valence-electron chi connectivity index (χ3n) is 5.59. The van der Waals surface area contributed by atoms with Gasteiger partial charge in [0.2, 0.25) is 5.95 Å². The van der Waals surface area contributed by atoms with Crippen LogP contribution >= 0.6 is 0 Å². The number of hydrogen-bond donors (Lipinski definition) is 4. The van der Waals surface area contributed by atoms with Crippen molar-refractivity contribution in [1.29, 1.82) is 0 Å². The number of nitrogens with zero attached hydrogens (tertiary/aromatic N) is 1. The lowest BCUT2D eigenvalue weighted by molar-refractivity contribution is -0.137. The third kappa shape index (κ3) is 5.38. The Morgan fingerprint density at radius 2 is 1.73 bits per heavy atom. The van der Waals surface area contributed by atoms with Gasteiger partial charge in [0, 0.05) is 11.3 Å². The van der Waals surface area contributed by atoms with Gasteiger partial charge in [-0.2, -0.15) is 0 Å². The summed E-state index contributed by atoms with van der Waals surface area (Å²) in [5.74, 6) is -0.522. The van der Waals surface area contributed by atoms with Crippen LogP contribution in [-0.2, 0) is 4.79 Å². The number of aliphatic carboxylic acids is 1. The molecule has 4 N–H and O–H groups in total. The molecule has 0 bridgehead atoms. The number of aromatic nitrogens is 2. The number of benzene rings is 3. The fraction of sp³-hybridized carbons (Fsp3) is 0.192. The maximum absolute atomic E-state index is 12.9. The number of hydrogen-bond acceptors (Lipinski definition) is 4. The maximum atomic E-state index is 12.9. The average molecular weight is 443 g/mol. The molecule has 7 nitrogen and oxygen atoms in total. The van der Waals surface area contributed by atoms with Crippen LogP contribution in [0.15, 0.2) is 72.8 Å². The van der Waals surface area contributed by atoms with Gasteiger partial charge >= 0.3 is 5.97 Å². The normalized spacial score (nSPS) is 12.8. The first-order chi connectivity index (χ1) is 15.9. The SMILES string of the molecule is CC(CC(=O)O)c1cccc(C(C)NC(=O)c2cccc(Nc3nc4ccccc4[nH]3)c2)c1. The minimum Gasteiger partial charge on any atom is -0.481 e. The van der Waals surface area contributed by atoms with E-state index in [0.29, 0.717) is 11.5 Å². The second kappa shape index (κ2) is 9.56. The Morgan fingerprint density at radius 3 is 2.52 bits per heavy atom. The number of carbonyl (C=O) groups excluding carboxylic acids is 1. The number of H-pyrrole nitrogens is 1. The van der Waals surface area contributed by atoms with Crippen molar-refractivity contribution in [3.05, 3.63) is 89.5 Å². The van der Waals surface area contributed by atoms with Crippen molar-refractivity contribution in [3.8, 4) is 0 Å².